The second-order valence-corrected chi connectivity index (χ2v) is 7.44. The van der Waals surface area contributed by atoms with Crippen LogP contribution in [0.2, 0.25) is 0 Å². The van der Waals surface area contributed by atoms with Gasteiger partial charge in [0.15, 0.2) is 0 Å². The maximum absolute atomic E-state index is 12.4. The fourth-order valence-electron chi connectivity index (χ4n) is 2.99. The second-order valence-electron chi connectivity index (χ2n) is 6.39. The molecule has 1 saturated heterocycles. The van der Waals surface area contributed by atoms with Crippen LogP contribution in [0.3, 0.4) is 0 Å². The maximum Gasteiger partial charge on any atom is 0.228 e. The normalized spacial score (nSPS) is 18.3. The highest BCUT2D eigenvalue weighted by atomic mass is 32.2. The van der Waals surface area contributed by atoms with E-state index in [0.29, 0.717) is 0 Å². The lowest BCUT2D eigenvalue weighted by Crippen LogP contribution is -2.38. The minimum Gasteiger partial charge on any atom is -0.326 e. The number of nitrogens with one attached hydrogen (secondary N) is 1. The average Bonchev–Trinajstić information content (AvgIpc) is 2.62. The van der Waals surface area contributed by atoms with Crippen LogP contribution < -0.4 is 5.32 Å². The largest absolute Gasteiger partial charge is 0.326 e. The summed E-state index contributed by atoms with van der Waals surface area (Å²) in [6.45, 7) is 1.95. The monoisotopic (exact) mass is 340 g/mol. The maximum atomic E-state index is 12.4. The van der Waals surface area contributed by atoms with Crippen molar-refractivity contribution >= 4 is 23.4 Å². The quantitative estimate of drug-likeness (QED) is 0.826. The Bertz CT molecular complexity index is 657. The van der Waals surface area contributed by atoms with Gasteiger partial charge in [-0.1, -0.05) is 30.3 Å². The van der Waals surface area contributed by atoms with Crippen LogP contribution in [-0.4, -0.2) is 30.9 Å². The van der Waals surface area contributed by atoms with Crippen LogP contribution in [0.25, 0.3) is 0 Å². The molecule has 3 nitrogen and oxygen atoms in total. The van der Waals surface area contributed by atoms with Crippen molar-refractivity contribution in [2.45, 2.75) is 23.5 Å². The van der Waals surface area contributed by atoms with Gasteiger partial charge in [0.25, 0.3) is 0 Å². The highest BCUT2D eigenvalue weighted by Crippen LogP contribution is 2.23. The number of amides is 1. The van der Waals surface area contributed by atoms with E-state index in [9.17, 15) is 4.79 Å². The minimum absolute atomic E-state index is 0.108. The predicted molar refractivity (Wildman–Crippen MR) is 101 cm³/mol. The van der Waals surface area contributed by atoms with Gasteiger partial charge < -0.3 is 10.2 Å². The van der Waals surface area contributed by atoms with E-state index in [-0.39, 0.29) is 11.8 Å². The molecule has 126 valence electrons. The molecule has 1 aliphatic heterocycles. The summed E-state index contributed by atoms with van der Waals surface area (Å²) in [5.41, 5.74) is 2.15. The zero-order chi connectivity index (χ0) is 16.8. The first kappa shape index (κ1) is 17.1. The van der Waals surface area contributed by atoms with Crippen molar-refractivity contribution in [2.24, 2.45) is 5.92 Å². The number of carbonyl (C=O) groups is 1. The van der Waals surface area contributed by atoms with E-state index < -0.39 is 0 Å². The van der Waals surface area contributed by atoms with E-state index >= 15 is 0 Å². The van der Waals surface area contributed by atoms with Crippen molar-refractivity contribution in [3.05, 3.63) is 60.2 Å². The third-order valence-electron chi connectivity index (χ3n) is 4.37. The molecule has 1 aliphatic rings. The van der Waals surface area contributed by atoms with E-state index in [2.05, 4.69) is 53.7 Å². The fourth-order valence-corrected chi connectivity index (χ4v) is 3.87. The molecule has 1 amide bonds. The number of hydrogen-bond acceptors (Lipinski definition) is 3. The Hall–Kier alpha value is -1.78. The number of carbonyl (C=O) groups excluding carboxylic acids is 1. The van der Waals surface area contributed by atoms with Crippen molar-refractivity contribution in [3.8, 4) is 0 Å². The zero-order valence-corrected chi connectivity index (χ0v) is 14.9. The van der Waals surface area contributed by atoms with Crippen LogP contribution in [0.4, 0.5) is 5.69 Å². The Morgan fingerprint density at radius 1 is 1.17 bits per heavy atom. The number of piperidine rings is 1. The Labute approximate surface area is 148 Å². The van der Waals surface area contributed by atoms with Crippen LogP contribution >= 0.6 is 11.8 Å². The molecule has 0 aliphatic carbocycles. The van der Waals surface area contributed by atoms with E-state index in [0.717, 1.165) is 37.4 Å². The highest BCUT2D eigenvalue weighted by molar-refractivity contribution is 7.98. The molecule has 0 aromatic heterocycles. The van der Waals surface area contributed by atoms with Gasteiger partial charge >= 0.3 is 0 Å². The summed E-state index contributed by atoms with van der Waals surface area (Å²) in [5.74, 6) is 1.19. The molecular formula is C20H24N2OS. The molecule has 1 heterocycles. The topological polar surface area (TPSA) is 32.3 Å². The summed E-state index contributed by atoms with van der Waals surface area (Å²) >= 11 is 1.82. The molecule has 0 bridgehead atoms. The molecule has 3 rings (SSSR count). The highest BCUT2D eigenvalue weighted by Gasteiger charge is 2.23. The first-order chi connectivity index (χ1) is 11.7. The fraction of sp³-hybridized carbons (Fsp3) is 0.350. The molecular weight excluding hydrogens is 316 g/mol. The van der Waals surface area contributed by atoms with Gasteiger partial charge in [-0.25, -0.2) is 0 Å². The number of rotatable bonds is 5. The van der Waals surface area contributed by atoms with Gasteiger partial charge in [-0.2, -0.15) is 0 Å². The molecule has 4 heteroatoms. The van der Waals surface area contributed by atoms with Gasteiger partial charge in [0.2, 0.25) is 5.91 Å². The van der Waals surface area contributed by atoms with E-state index in [4.69, 9.17) is 0 Å². The Morgan fingerprint density at radius 3 is 2.62 bits per heavy atom. The molecule has 1 N–H and O–H groups in total. The summed E-state index contributed by atoms with van der Waals surface area (Å²) in [4.78, 5) is 15.9. The Morgan fingerprint density at radius 2 is 1.92 bits per heavy atom. The van der Waals surface area contributed by atoms with Crippen LogP contribution in [0.5, 0.6) is 0 Å². The minimum atomic E-state index is 0.108. The zero-order valence-electron chi connectivity index (χ0n) is 14.1. The molecule has 0 spiro atoms. The summed E-state index contributed by atoms with van der Waals surface area (Å²) in [6, 6.07) is 18.6. The molecule has 1 fully saturated rings. The summed E-state index contributed by atoms with van der Waals surface area (Å²) in [5, 5.41) is 3.06. The molecule has 2 aromatic carbocycles. The SMILES string of the molecule is CN1CCC[C@@H](C(=O)Nc2ccc(CSc3ccccc3)cc2)C1. The van der Waals surface area contributed by atoms with Crippen molar-refractivity contribution in [2.75, 3.05) is 25.5 Å². The van der Waals surface area contributed by atoms with Gasteiger partial charge in [0, 0.05) is 22.9 Å². The molecule has 0 radical (unpaired) electrons. The molecule has 0 saturated carbocycles. The Kier molecular flexibility index (Phi) is 5.94. The number of benzene rings is 2. The number of hydrogen-bond donors (Lipinski definition) is 1. The second kappa shape index (κ2) is 8.36. The van der Waals surface area contributed by atoms with Gasteiger partial charge in [-0.05, 0) is 56.3 Å². The number of likely N-dealkylation sites (tertiary alicyclic amines) is 1. The first-order valence-electron chi connectivity index (χ1n) is 8.47. The van der Waals surface area contributed by atoms with Crippen LogP contribution in [0, 0.1) is 5.92 Å². The van der Waals surface area contributed by atoms with Gasteiger partial charge in [0.1, 0.15) is 0 Å². The van der Waals surface area contributed by atoms with Crippen molar-refractivity contribution < 1.29 is 4.79 Å². The third-order valence-corrected chi connectivity index (χ3v) is 5.45. The van der Waals surface area contributed by atoms with Crippen LogP contribution in [-0.2, 0) is 10.5 Å². The molecule has 1 atom stereocenters. The third kappa shape index (κ3) is 4.86. The van der Waals surface area contributed by atoms with Crippen molar-refractivity contribution in [3.63, 3.8) is 0 Å². The lowest BCUT2D eigenvalue weighted by atomic mass is 9.97. The Balaban J connectivity index is 1.51. The standard InChI is InChI=1S/C20H24N2OS/c1-22-13-5-6-17(14-22)20(23)21-18-11-9-16(10-12-18)15-24-19-7-3-2-4-8-19/h2-4,7-12,17H,5-6,13-15H2,1H3,(H,21,23)/t17-/m1/s1. The summed E-state index contributed by atoms with van der Waals surface area (Å²) in [6.07, 6.45) is 2.09. The average molecular weight is 340 g/mol. The van der Waals surface area contributed by atoms with Gasteiger partial charge in [-0.3, -0.25) is 4.79 Å². The van der Waals surface area contributed by atoms with Crippen LogP contribution in [0.1, 0.15) is 18.4 Å². The molecule has 0 unspecified atom stereocenters. The lowest BCUT2D eigenvalue weighted by molar-refractivity contribution is -0.121. The van der Waals surface area contributed by atoms with Gasteiger partial charge in [0.05, 0.1) is 5.92 Å². The summed E-state index contributed by atoms with van der Waals surface area (Å²) < 4.78 is 0. The molecule has 24 heavy (non-hydrogen) atoms. The van der Waals surface area contributed by atoms with Gasteiger partial charge in [-0.15, -0.1) is 11.8 Å². The smallest absolute Gasteiger partial charge is 0.228 e. The van der Waals surface area contributed by atoms with Crippen molar-refractivity contribution in [1.29, 1.82) is 0 Å². The number of anilines is 1. The number of nitrogens with zero attached hydrogens (tertiary/aromatic N) is 1. The van der Waals surface area contributed by atoms with Crippen LogP contribution in [0.15, 0.2) is 59.5 Å². The predicted octanol–water partition coefficient (Wildman–Crippen LogP) is 4.26. The number of thioether (sulfide) groups is 1. The van der Waals surface area contributed by atoms with E-state index in [1.165, 1.54) is 10.5 Å². The summed E-state index contributed by atoms with van der Waals surface area (Å²) in [7, 11) is 2.08. The lowest BCUT2D eigenvalue weighted by Gasteiger charge is -2.28. The molecule has 2 aromatic rings. The van der Waals surface area contributed by atoms with E-state index in [1.807, 2.05) is 30.0 Å². The van der Waals surface area contributed by atoms with Crippen molar-refractivity contribution in [1.82, 2.24) is 4.90 Å². The van der Waals surface area contributed by atoms with E-state index in [1.54, 1.807) is 0 Å². The first-order valence-corrected chi connectivity index (χ1v) is 9.45.